The molecule has 0 bridgehead atoms. The van der Waals surface area contributed by atoms with Crippen LogP contribution in [-0.4, -0.2) is 26.8 Å². The van der Waals surface area contributed by atoms with Gasteiger partial charge in [0.1, 0.15) is 0 Å². The van der Waals surface area contributed by atoms with Gasteiger partial charge in [-0.25, -0.2) is 0 Å². The van der Waals surface area contributed by atoms with Gasteiger partial charge in [0.2, 0.25) is 0 Å². The standard InChI is InChI=1S/C14H21NO/c1-11-4-5-13(8-12(11)2)14(6-7-15-3)9-16-10-14/h4-5,8,15H,6-7,9-10H2,1-3H3. The quantitative estimate of drug-likeness (QED) is 0.838. The first kappa shape index (κ1) is 11.6. The van der Waals surface area contributed by atoms with Crippen molar-refractivity contribution in [1.29, 1.82) is 0 Å². The molecule has 2 heteroatoms. The van der Waals surface area contributed by atoms with Gasteiger partial charge in [0.15, 0.2) is 0 Å². The fraction of sp³-hybridized carbons (Fsp3) is 0.571. The molecule has 1 aliphatic rings. The average Bonchev–Trinajstić information content (AvgIpc) is 2.22. The Hall–Kier alpha value is -0.860. The first-order valence-electron chi connectivity index (χ1n) is 5.98. The van der Waals surface area contributed by atoms with Crippen LogP contribution in [0, 0.1) is 13.8 Å². The summed E-state index contributed by atoms with van der Waals surface area (Å²) in [5.41, 5.74) is 4.46. The molecule has 1 aromatic rings. The Labute approximate surface area is 98.0 Å². The molecule has 1 fully saturated rings. The summed E-state index contributed by atoms with van der Waals surface area (Å²) < 4.78 is 5.43. The Morgan fingerprint density at radius 2 is 2.00 bits per heavy atom. The van der Waals surface area contributed by atoms with E-state index in [1.54, 1.807) is 0 Å². The molecule has 0 atom stereocenters. The SMILES string of the molecule is CNCCC1(c2ccc(C)c(C)c2)COC1. The third kappa shape index (κ3) is 2.00. The maximum atomic E-state index is 5.43. The van der Waals surface area contributed by atoms with Crippen molar-refractivity contribution in [3.63, 3.8) is 0 Å². The number of ether oxygens (including phenoxy) is 1. The number of nitrogens with one attached hydrogen (secondary N) is 1. The Morgan fingerprint density at radius 1 is 1.25 bits per heavy atom. The minimum atomic E-state index is 0.265. The molecule has 2 rings (SSSR count). The van der Waals surface area contributed by atoms with Crippen molar-refractivity contribution in [2.24, 2.45) is 0 Å². The topological polar surface area (TPSA) is 21.3 Å². The normalized spacial score (nSPS) is 18.2. The number of benzene rings is 1. The molecule has 0 unspecified atom stereocenters. The van der Waals surface area contributed by atoms with E-state index >= 15 is 0 Å². The molecule has 0 radical (unpaired) electrons. The maximum Gasteiger partial charge on any atom is 0.0586 e. The summed E-state index contributed by atoms with van der Waals surface area (Å²) in [5, 5.41) is 3.23. The fourth-order valence-electron chi connectivity index (χ4n) is 2.24. The summed E-state index contributed by atoms with van der Waals surface area (Å²) in [5.74, 6) is 0. The maximum absolute atomic E-state index is 5.43. The van der Waals surface area contributed by atoms with Gasteiger partial charge >= 0.3 is 0 Å². The highest BCUT2D eigenvalue weighted by molar-refractivity contribution is 5.36. The zero-order valence-corrected chi connectivity index (χ0v) is 10.5. The molecular formula is C14H21NO. The van der Waals surface area contributed by atoms with Crippen LogP contribution in [0.25, 0.3) is 0 Å². The average molecular weight is 219 g/mol. The summed E-state index contributed by atoms with van der Waals surface area (Å²) in [6, 6.07) is 6.82. The lowest BCUT2D eigenvalue weighted by Crippen LogP contribution is -2.48. The number of hydrogen-bond acceptors (Lipinski definition) is 2. The third-order valence-corrected chi connectivity index (χ3v) is 3.73. The molecule has 1 aromatic carbocycles. The van der Waals surface area contributed by atoms with Crippen LogP contribution in [0.5, 0.6) is 0 Å². The lowest BCUT2D eigenvalue weighted by atomic mass is 9.75. The molecule has 1 aliphatic heterocycles. The van der Waals surface area contributed by atoms with Gasteiger partial charge in [-0.2, -0.15) is 0 Å². The minimum Gasteiger partial charge on any atom is -0.379 e. The van der Waals surface area contributed by atoms with E-state index in [1.807, 2.05) is 7.05 Å². The molecule has 88 valence electrons. The van der Waals surface area contributed by atoms with Crippen molar-refractivity contribution in [1.82, 2.24) is 5.32 Å². The van der Waals surface area contributed by atoms with Gasteiger partial charge < -0.3 is 10.1 Å². The van der Waals surface area contributed by atoms with Crippen molar-refractivity contribution < 1.29 is 4.74 Å². The van der Waals surface area contributed by atoms with E-state index in [4.69, 9.17) is 4.74 Å². The van der Waals surface area contributed by atoms with Crippen LogP contribution in [-0.2, 0) is 10.2 Å². The third-order valence-electron chi connectivity index (χ3n) is 3.73. The molecule has 0 spiro atoms. The molecule has 0 aliphatic carbocycles. The second kappa shape index (κ2) is 4.56. The molecule has 2 nitrogen and oxygen atoms in total. The second-order valence-corrected chi connectivity index (χ2v) is 4.93. The van der Waals surface area contributed by atoms with Crippen LogP contribution in [0.2, 0.25) is 0 Å². The van der Waals surface area contributed by atoms with E-state index in [9.17, 15) is 0 Å². The number of rotatable bonds is 4. The molecule has 0 saturated carbocycles. The van der Waals surface area contributed by atoms with Crippen LogP contribution in [0.1, 0.15) is 23.1 Å². The Balaban J connectivity index is 2.22. The van der Waals surface area contributed by atoms with E-state index < -0.39 is 0 Å². The van der Waals surface area contributed by atoms with Gasteiger partial charge in [-0.1, -0.05) is 18.2 Å². The van der Waals surface area contributed by atoms with Crippen molar-refractivity contribution in [3.8, 4) is 0 Å². The first-order valence-corrected chi connectivity index (χ1v) is 5.98. The Kier molecular flexibility index (Phi) is 3.31. The van der Waals surface area contributed by atoms with Crippen LogP contribution in [0.4, 0.5) is 0 Å². The largest absolute Gasteiger partial charge is 0.379 e. The van der Waals surface area contributed by atoms with Crippen LogP contribution < -0.4 is 5.32 Å². The van der Waals surface area contributed by atoms with Crippen LogP contribution >= 0.6 is 0 Å². The van der Waals surface area contributed by atoms with E-state index in [2.05, 4.69) is 37.4 Å². The zero-order chi connectivity index (χ0) is 11.6. The fourth-order valence-corrected chi connectivity index (χ4v) is 2.24. The van der Waals surface area contributed by atoms with Gasteiger partial charge in [-0.3, -0.25) is 0 Å². The van der Waals surface area contributed by atoms with Crippen molar-refractivity contribution in [2.45, 2.75) is 25.7 Å². The molecule has 1 saturated heterocycles. The second-order valence-electron chi connectivity index (χ2n) is 4.93. The predicted molar refractivity (Wildman–Crippen MR) is 67.0 cm³/mol. The highest BCUT2D eigenvalue weighted by Gasteiger charge is 2.39. The van der Waals surface area contributed by atoms with Gasteiger partial charge in [-0.05, 0) is 50.6 Å². The summed E-state index contributed by atoms with van der Waals surface area (Å²) in [6.07, 6.45) is 1.16. The van der Waals surface area contributed by atoms with Crippen LogP contribution in [0.3, 0.4) is 0 Å². The summed E-state index contributed by atoms with van der Waals surface area (Å²) in [6.45, 7) is 7.14. The summed E-state index contributed by atoms with van der Waals surface area (Å²) >= 11 is 0. The minimum absolute atomic E-state index is 0.265. The molecular weight excluding hydrogens is 198 g/mol. The smallest absolute Gasteiger partial charge is 0.0586 e. The van der Waals surface area contributed by atoms with Gasteiger partial charge in [-0.15, -0.1) is 0 Å². The van der Waals surface area contributed by atoms with Gasteiger partial charge in [0, 0.05) is 5.41 Å². The lowest BCUT2D eigenvalue weighted by Gasteiger charge is -2.42. The number of hydrogen-bond donors (Lipinski definition) is 1. The number of aryl methyl sites for hydroxylation is 2. The zero-order valence-electron chi connectivity index (χ0n) is 10.5. The molecule has 0 aromatic heterocycles. The van der Waals surface area contributed by atoms with E-state index in [-0.39, 0.29) is 5.41 Å². The van der Waals surface area contributed by atoms with Crippen LogP contribution in [0.15, 0.2) is 18.2 Å². The highest BCUT2D eigenvalue weighted by atomic mass is 16.5. The van der Waals surface area contributed by atoms with Gasteiger partial charge in [0.25, 0.3) is 0 Å². The van der Waals surface area contributed by atoms with E-state index in [0.29, 0.717) is 0 Å². The van der Waals surface area contributed by atoms with Gasteiger partial charge in [0.05, 0.1) is 13.2 Å². The summed E-state index contributed by atoms with van der Waals surface area (Å²) in [7, 11) is 2.01. The molecule has 1 heterocycles. The highest BCUT2D eigenvalue weighted by Crippen LogP contribution is 2.36. The first-order chi connectivity index (χ1) is 7.68. The molecule has 1 N–H and O–H groups in total. The Bertz CT molecular complexity index is 369. The lowest BCUT2D eigenvalue weighted by molar-refractivity contribution is -0.0638. The van der Waals surface area contributed by atoms with Crippen molar-refractivity contribution >= 4 is 0 Å². The molecule has 0 amide bonds. The van der Waals surface area contributed by atoms with Crippen molar-refractivity contribution in [3.05, 3.63) is 34.9 Å². The van der Waals surface area contributed by atoms with Crippen molar-refractivity contribution in [2.75, 3.05) is 26.8 Å². The summed E-state index contributed by atoms with van der Waals surface area (Å²) in [4.78, 5) is 0. The Morgan fingerprint density at radius 3 is 2.50 bits per heavy atom. The predicted octanol–water partition coefficient (Wildman–Crippen LogP) is 2.18. The molecule has 16 heavy (non-hydrogen) atoms. The van der Waals surface area contributed by atoms with E-state index in [0.717, 1.165) is 26.2 Å². The monoisotopic (exact) mass is 219 g/mol. The van der Waals surface area contributed by atoms with E-state index in [1.165, 1.54) is 16.7 Å².